The Balaban J connectivity index is 1.57. The van der Waals surface area contributed by atoms with Crippen LogP contribution >= 0.6 is 0 Å². The fraction of sp³-hybridized carbons (Fsp3) is 0.250. The molecule has 0 aliphatic carbocycles. The minimum Gasteiger partial charge on any atom is -0.286 e. The zero-order chi connectivity index (χ0) is 19.3. The van der Waals surface area contributed by atoms with E-state index in [-0.39, 0.29) is 17.9 Å². The predicted molar refractivity (Wildman–Crippen MR) is 105 cm³/mol. The molecule has 0 radical (unpaired) electrons. The number of aromatic nitrogens is 1. The molecule has 0 saturated carbocycles. The van der Waals surface area contributed by atoms with Gasteiger partial charge in [-0.15, -0.1) is 0 Å². The van der Waals surface area contributed by atoms with Crippen molar-refractivity contribution in [3.05, 3.63) is 72.6 Å². The van der Waals surface area contributed by atoms with Crippen LogP contribution in [0.2, 0.25) is 0 Å². The molecule has 142 valence electrons. The van der Waals surface area contributed by atoms with E-state index in [0.29, 0.717) is 0 Å². The number of sulfonamides is 1. The highest BCUT2D eigenvalue weighted by atomic mass is 32.2. The van der Waals surface area contributed by atoms with Crippen molar-refractivity contribution in [1.82, 2.24) is 15.0 Å². The number of alkyl halides is 1. The highest BCUT2D eigenvalue weighted by molar-refractivity contribution is 7.89. The van der Waals surface area contributed by atoms with Crippen LogP contribution in [0.3, 0.4) is 0 Å². The molecule has 7 heteroatoms. The van der Waals surface area contributed by atoms with Crippen molar-refractivity contribution in [3.8, 4) is 0 Å². The summed E-state index contributed by atoms with van der Waals surface area (Å²) in [6.45, 7) is 1.88. The molecule has 0 fully saturated rings. The van der Waals surface area contributed by atoms with Crippen LogP contribution in [0.25, 0.3) is 10.8 Å². The summed E-state index contributed by atoms with van der Waals surface area (Å²) in [7, 11) is -3.69. The molecular formula is C20H22FN3O2S. The maximum absolute atomic E-state index is 14.1. The van der Waals surface area contributed by atoms with Crippen molar-refractivity contribution < 1.29 is 12.8 Å². The minimum atomic E-state index is -3.69. The largest absolute Gasteiger partial charge is 0.286 e. The Morgan fingerprint density at radius 2 is 1.85 bits per heavy atom. The lowest BCUT2D eigenvalue weighted by Gasteiger charge is -2.17. The molecule has 5 nitrogen and oxygen atoms in total. The van der Waals surface area contributed by atoms with Gasteiger partial charge in [-0.3, -0.25) is 10.3 Å². The number of rotatable bonds is 8. The van der Waals surface area contributed by atoms with Crippen molar-refractivity contribution in [2.45, 2.75) is 30.6 Å². The highest BCUT2D eigenvalue weighted by Gasteiger charge is 2.18. The van der Waals surface area contributed by atoms with E-state index in [1.165, 1.54) is 0 Å². The lowest BCUT2D eigenvalue weighted by Crippen LogP contribution is -2.42. The second-order valence-electron chi connectivity index (χ2n) is 6.47. The first-order valence-corrected chi connectivity index (χ1v) is 10.2. The van der Waals surface area contributed by atoms with Gasteiger partial charge in [0.25, 0.3) is 0 Å². The number of hydrogen-bond acceptors (Lipinski definition) is 4. The number of nitrogens with zero attached hydrogens (tertiary/aromatic N) is 1. The van der Waals surface area contributed by atoms with Gasteiger partial charge in [-0.1, -0.05) is 36.4 Å². The van der Waals surface area contributed by atoms with E-state index in [1.807, 2.05) is 30.3 Å². The lowest BCUT2D eigenvalue weighted by atomic mass is 10.1. The van der Waals surface area contributed by atoms with Crippen LogP contribution in [0.1, 0.15) is 12.5 Å². The zero-order valence-electron chi connectivity index (χ0n) is 15.0. The van der Waals surface area contributed by atoms with Gasteiger partial charge < -0.3 is 0 Å². The Morgan fingerprint density at radius 1 is 1.07 bits per heavy atom. The number of halogens is 1. The molecule has 2 unspecified atom stereocenters. The topological polar surface area (TPSA) is 71.1 Å². The SMILES string of the molecule is CC(CNC(F)Cc1ccccc1)NS(=O)(=O)c1ccc2cnccc2c1. The molecule has 3 rings (SSSR count). The zero-order valence-corrected chi connectivity index (χ0v) is 15.8. The van der Waals surface area contributed by atoms with Crippen LogP contribution in [0.5, 0.6) is 0 Å². The molecule has 0 aliphatic rings. The summed E-state index contributed by atoms with van der Waals surface area (Å²) in [4.78, 5) is 4.19. The third-order valence-electron chi connectivity index (χ3n) is 4.18. The molecule has 0 spiro atoms. The molecule has 0 bridgehead atoms. The van der Waals surface area contributed by atoms with Crippen LogP contribution in [-0.2, 0) is 16.4 Å². The fourth-order valence-corrected chi connectivity index (χ4v) is 4.08. The third kappa shape index (κ3) is 5.32. The normalized spacial score (nSPS) is 14.1. The van der Waals surface area contributed by atoms with Gasteiger partial charge in [0, 0.05) is 36.8 Å². The van der Waals surface area contributed by atoms with E-state index in [1.54, 1.807) is 43.6 Å². The van der Waals surface area contributed by atoms with Gasteiger partial charge in [-0.25, -0.2) is 17.5 Å². The number of nitrogens with one attached hydrogen (secondary N) is 2. The van der Waals surface area contributed by atoms with Crippen molar-refractivity contribution >= 4 is 20.8 Å². The first-order chi connectivity index (χ1) is 12.9. The van der Waals surface area contributed by atoms with E-state index in [9.17, 15) is 12.8 Å². The van der Waals surface area contributed by atoms with Crippen molar-refractivity contribution in [3.63, 3.8) is 0 Å². The van der Waals surface area contributed by atoms with Crippen LogP contribution < -0.4 is 10.0 Å². The van der Waals surface area contributed by atoms with Gasteiger partial charge in [-0.05, 0) is 36.1 Å². The minimum absolute atomic E-state index is 0.175. The van der Waals surface area contributed by atoms with Crippen LogP contribution in [-0.4, -0.2) is 32.3 Å². The van der Waals surface area contributed by atoms with Gasteiger partial charge in [0.2, 0.25) is 10.0 Å². The summed E-state index contributed by atoms with van der Waals surface area (Å²) < 4.78 is 41.8. The summed E-state index contributed by atoms with van der Waals surface area (Å²) in [5.41, 5.74) is 0.886. The van der Waals surface area contributed by atoms with Gasteiger partial charge in [0.05, 0.1) is 4.90 Å². The second kappa shape index (κ2) is 8.56. The summed E-state index contributed by atoms with van der Waals surface area (Å²) >= 11 is 0. The summed E-state index contributed by atoms with van der Waals surface area (Å²) in [6, 6.07) is 15.5. The average Bonchev–Trinajstić information content (AvgIpc) is 2.66. The Kier molecular flexibility index (Phi) is 6.15. The first kappa shape index (κ1) is 19.4. The Hall–Kier alpha value is -2.35. The summed E-state index contributed by atoms with van der Waals surface area (Å²) in [6.07, 6.45) is 2.29. The molecule has 2 atom stereocenters. The summed E-state index contributed by atoms with van der Waals surface area (Å²) in [5.74, 6) is 0. The molecule has 0 aliphatic heterocycles. The van der Waals surface area contributed by atoms with E-state index in [2.05, 4.69) is 15.0 Å². The number of hydrogen-bond donors (Lipinski definition) is 2. The molecule has 2 N–H and O–H groups in total. The van der Waals surface area contributed by atoms with Crippen LogP contribution in [0.15, 0.2) is 71.9 Å². The monoisotopic (exact) mass is 387 g/mol. The molecular weight excluding hydrogens is 365 g/mol. The van der Waals surface area contributed by atoms with E-state index < -0.39 is 22.4 Å². The fourth-order valence-electron chi connectivity index (χ4n) is 2.80. The molecule has 2 aromatic carbocycles. The van der Waals surface area contributed by atoms with Crippen molar-refractivity contribution in [2.24, 2.45) is 0 Å². The Bertz CT molecular complexity index is 996. The van der Waals surface area contributed by atoms with E-state index in [4.69, 9.17) is 0 Å². The van der Waals surface area contributed by atoms with Gasteiger partial charge in [0.1, 0.15) is 0 Å². The van der Waals surface area contributed by atoms with Gasteiger partial charge >= 0.3 is 0 Å². The first-order valence-electron chi connectivity index (χ1n) is 8.71. The maximum atomic E-state index is 14.1. The van der Waals surface area contributed by atoms with E-state index in [0.717, 1.165) is 16.3 Å². The summed E-state index contributed by atoms with van der Waals surface area (Å²) in [5, 5.41) is 4.40. The van der Waals surface area contributed by atoms with E-state index >= 15 is 0 Å². The van der Waals surface area contributed by atoms with Crippen LogP contribution in [0, 0.1) is 0 Å². The van der Waals surface area contributed by atoms with Gasteiger partial charge in [-0.2, -0.15) is 0 Å². The number of benzene rings is 2. The molecule has 0 saturated heterocycles. The molecule has 27 heavy (non-hydrogen) atoms. The Labute approximate surface area is 158 Å². The number of pyridine rings is 1. The molecule has 3 aromatic rings. The van der Waals surface area contributed by atoms with Gasteiger partial charge in [0.15, 0.2) is 6.30 Å². The van der Waals surface area contributed by atoms with Crippen LogP contribution in [0.4, 0.5) is 4.39 Å². The van der Waals surface area contributed by atoms with Crippen molar-refractivity contribution in [2.75, 3.05) is 6.54 Å². The average molecular weight is 387 g/mol. The smallest absolute Gasteiger partial charge is 0.240 e. The molecule has 1 aromatic heterocycles. The molecule has 0 amide bonds. The quantitative estimate of drug-likeness (QED) is 0.583. The lowest BCUT2D eigenvalue weighted by molar-refractivity contribution is 0.266. The maximum Gasteiger partial charge on any atom is 0.240 e. The highest BCUT2D eigenvalue weighted by Crippen LogP contribution is 2.18. The third-order valence-corrected chi connectivity index (χ3v) is 5.77. The number of fused-ring (bicyclic) bond motifs is 1. The standard InChI is InChI=1S/C20H22FN3O2S/c1-15(13-23-20(21)11-16-5-3-2-4-6-16)24-27(25,26)19-8-7-18-14-22-10-9-17(18)12-19/h2-10,12,14-15,20,23-24H,11,13H2,1H3. The van der Waals surface area contributed by atoms with Crippen molar-refractivity contribution in [1.29, 1.82) is 0 Å². The molecule has 1 heterocycles. The second-order valence-corrected chi connectivity index (χ2v) is 8.19. The Morgan fingerprint density at radius 3 is 2.63 bits per heavy atom. The predicted octanol–water partition coefficient (Wildman–Crippen LogP) is 3.03.